The molecule has 14 heavy (non-hydrogen) atoms. The second-order valence-corrected chi connectivity index (χ2v) is 3.66. The van der Waals surface area contributed by atoms with Gasteiger partial charge in [0.25, 0.3) is 0 Å². The topological polar surface area (TPSA) is 57.8 Å². The van der Waals surface area contributed by atoms with Crippen molar-refractivity contribution in [1.82, 2.24) is 19.7 Å². The predicted octanol–water partition coefficient (Wildman–Crippen LogP) is 0.778. The highest BCUT2D eigenvalue weighted by Gasteiger charge is 2.16. The van der Waals surface area contributed by atoms with Crippen LogP contribution in [0.3, 0.4) is 0 Å². The van der Waals surface area contributed by atoms with E-state index in [-0.39, 0.29) is 0 Å². The van der Waals surface area contributed by atoms with Gasteiger partial charge in [0.1, 0.15) is 6.33 Å². The van der Waals surface area contributed by atoms with E-state index < -0.39 is 0 Å². The zero-order valence-electron chi connectivity index (χ0n) is 8.40. The third-order valence-electron chi connectivity index (χ3n) is 2.45. The lowest BCUT2D eigenvalue weighted by molar-refractivity contribution is 0.352. The molecule has 1 fully saturated rings. The molecule has 2 rings (SSSR count). The molecule has 5 heteroatoms. The van der Waals surface area contributed by atoms with Gasteiger partial charge in [0, 0.05) is 20.0 Å². The van der Waals surface area contributed by atoms with Gasteiger partial charge in [-0.25, -0.2) is 4.98 Å². The maximum Gasteiger partial charge on any atom is 0.169 e. The first kappa shape index (κ1) is 9.18. The van der Waals surface area contributed by atoms with Crippen molar-refractivity contribution in [2.24, 2.45) is 7.05 Å². The number of rotatable bonds is 2. The predicted molar refractivity (Wildman–Crippen MR) is 53.0 cm³/mol. The summed E-state index contributed by atoms with van der Waals surface area (Å²) in [5, 5.41) is 12.0. The molecule has 2 heterocycles. The van der Waals surface area contributed by atoms with Crippen molar-refractivity contribution in [3.8, 4) is 0 Å². The van der Waals surface area contributed by atoms with E-state index in [0.29, 0.717) is 6.54 Å². The Labute approximate surface area is 83.3 Å². The number of nitrogens with one attached hydrogen (secondary N) is 1. The van der Waals surface area contributed by atoms with Gasteiger partial charge in [0.15, 0.2) is 5.82 Å². The highest BCUT2D eigenvalue weighted by molar-refractivity contribution is 5.79. The number of aromatic nitrogens is 3. The van der Waals surface area contributed by atoms with Crippen molar-refractivity contribution in [3.05, 3.63) is 12.2 Å². The largest absolute Gasteiger partial charge is 0.353 e. The first-order valence-electron chi connectivity index (χ1n) is 4.92. The van der Waals surface area contributed by atoms with Crippen LogP contribution < -0.4 is 0 Å². The normalized spacial score (nSPS) is 17.5. The van der Waals surface area contributed by atoms with E-state index >= 15 is 0 Å². The summed E-state index contributed by atoms with van der Waals surface area (Å²) >= 11 is 0. The lowest BCUT2D eigenvalue weighted by Gasteiger charge is -2.27. The molecule has 0 amide bonds. The molecule has 0 unspecified atom stereocenters. The Morgan fingerprint density at radius 1 is 1.50 bits per heavy atom. The molecule has 5 nitrogen and oxygen atoms in total. The summed E-state index contributed by atoms with van der Waals surface area (Å²) in [6.45, 7) is 1.65. The quantitative estimate of drug-likeness (QED) is 0.755. The Morgan fingerprint density at radius 2 is 2.36 bits per heavy atom. The molecule has 0 saturated carbocycles. The summed E-state index contributed by atoms with van der Waals surface area (Å²) < 4.78 is 1.70. The van der Waals surface area contributed by atoms with Gasteiger partial charge in [-0.15, -0.1) is 0 Å². The van der Waals surface area contributed by atoms with Crippen LogP contribution in [0.5, 0.6) is 0 Å². The van der Waals surface area contributed by atoms with E-state index in [1.165, 1.54) is 6.42 Å². The first-order valence-corrected chi connectivity index (χ1v) is 4.92. The highest BCUT2D eigenvalue weighted by atomic mass is 15.3. The van der Waals surface area contributed by atoms with E-state index in [1.807, 2.05) is 7.05 Å². The Hall–Kier alpha value is -1.39. The third-order valence-corrected chi connectivity index (χ3v) is 2.45. The lowest BCUT2D eigenvalue weighted by atomic mass is 10.1. The number of likely N-dealkylation sites (tertiary alicyclic amines) is 1. The van der Waals surface area contributed by atoms with Gasteiger partial charge in [-0.1, -0.05) is 0 Å². The van der Waals surface area contributed by atoms with Gasteiger partial charge >= 0.3 is 0 Å². The monoisotopic (exact) mass is 193 g/mol. The lowest BCUT2D eigenvalue weighted by Crippen LogP contribution is -2.34. The summed E-state index contributed by atoms with van der Waals surface area (Å²) in [5.74, 6) is 1.53. The van der Waals surface area contributed by atoms with Crippen LogP contribution in [0, 0.1) is 5.41 Å². The van der Waals surface area contributed by atoms with Gasteiger partial charge < -0.3 is 4.90 Å². The Morgan fingerprint density at radius 3 is 3.00 bits per heavy atom. The van der Waals surface area contributed by atoms with Gasteiger partial charge in [-0.05, 0) is 12.8 Å². The fourth-order valence-corrected chi connectivity index (χ4v) is 1.69. The van der Waals surface area contributed by atoms with E-state index in [4.69, 9.17) is 5.41 Å². The molecular formula is C9H15N5. The first-order chi connectivity index (χ1) is 6.75. The van der Waals surface area contributed by atoms with Crippen molar-refractivity contribution in [2.75, 3.05) is 6.54 Å². The molecule has 0 spiro atoms. The molecule has 1 aromatic rings. The zero-order valence-corrected chi connectivity index (χ0v) is 8.40. The van der Waals surface area contributed by atoms with Crippen LogP contribution >= 0.6 is 0 Å². The van der Waals surface area contributed by atoms with E-state index in [1.54, 1.807) is 11.0 Å². The van der Waals surface area contributed by atoms with Crippen LogP contribution in [0.25, 0.3) is 0 Å². The molecule has 1 aliphatic heterocycles. The van der Waals surface area contributed by atoms with Gasteiger partial charge in [-0.3, -0.25) is 10.1 Å². The maximum absolute atomic E-state index is 7.77. The molecule has 76 valence electrons. The molecule has 0 aliphatic carbocycles. The number of nitrogens with zero attached hydrogens (tertiary/aromatic N) is 4. The molecule has 0 atom stereocenters. The van der Waals surface area contributed by atoms with E-state index in [2.05, 4.69) is 15.0 Å². The molecule has 1 aliphatic rings. The average molecular weight is 193 g/mol. The number of hydrogen-bond acceptors (Lipinski definition) is 3. The van der Waals surface area contributed by atoms with Crippen molar-refractivity contribution >= 4 is 5.84 Å². The number of amidine groups is 1. The van der Waals surface area contributed by atoms with Crippen molar-refractivity contribution in [2.45, 2.75) is 25.8 Å². The van der Waals surface area contributed by atoms with Gasteiger partial charge in [0.05, 0.1) is 12.4 Å². The number of hydrogen-bond donors (Lipinski definition) is 1. The SMILES string of the molecule is Cn1cnc(CN2CCCCC2=N)n1. The highest BCUT2D eigenvalue weighted by Crippen LogP contribution is 2.12. The van der Waals surface area contributed by atoms with E-state index in [0.717, 1.165) is 31.0 Å². The molecule has 1 aromatic heterocycles. The summed E-state index contributed by atoms with van der Waals surface area (Å²) in [4.78, 5) is 6.21. The average Bonchev–Trinajstić information content (AvgIpc) is 2.56. The Bertz CT molecular complexity index is 330. The fraction of sp³-hybridized carbons (Fsp3) is 0.667. The van der Waals surface area contributed by atoms with Gasteiger partial charge in [0.2, 0.25) is 0 Å². The number of piperidine rings is 1. The minimum Gasteiger partial charge on any atom is -0.353 e. The van der Waals surface area contributed by atoms with Crippen molar-refractivity contribution < 1.29 is 0 Å². The molecule has 0 bridgehead atoms. The second kappa shape index (κ2) is 3.77. The zero-order chi connectivity index (χ0) is 9.97. The summed E-state index contributed by atoms with van der Waals surface area (Å²) in [6, 6.07) is 0. The standard InChI is InChI=1S/C9H15N5/c1-13-7-11-9(12-13)6-14-5-3-2-4-8(14)10/h7,10H,2-6H2,1H3. The third kappa shape index (κ3) is 1.92. The van der Waals surface area contributed by atoms with Crippen LogP contribution in [-0.2, 0) is 13.6 Å². The molecule has 1 saturated heterocycles. The fourth-order valence-electron chi connectivity index (χ4n) is 1.69. The van der Waals surface area contributed by atoms with Crippen LogP contribution in [0.1, 0.15) is 25.1 Å². The smallest absolute Gasteiger partial charge is 0.169 e. The van der Waals surface area contributed by atoms with Crippen molar-refractivity contribution in [1.29, 1.82) is 5.41 Å². The van der Waals surface area contributed by atoms with E-state index in [9.17, 15) is 0 Å². The summed E-state index contributed by atoms with van der Waals surface area (Å²) in [6.07, 6.45) is 4.91. The maximum atomic E-state index is 7.77. The summed E-state index contributed by atoms with van der Waals surface area (Å²) in [5.41, 5.74) is 0. The van der Waals surface area contributed by atoms with Crippen LogP contribution in [0.4, 0.5) is 0 Å². The number of aryl methyl sites for hydroxylation is 1. The van der Waals surface area contributed by atoms with Crippen LogP contribution in [0.15, 0.2) is 6.33 Å². The minimum atomic E-state index is 0.680. The Kier molecular flexibility index (Phi) is 2.47. The molecule has 1 N–H and O–H groups in total. The molecular weight excluding hydrogens is 178 g/mol. The summed E-state index contributed by atoms with van der Waals surface area (Å²) in [7, 11) is 1.86. The molecule has 0 radical (unpaired) electrons. The minimum absolute atomic E-state index is 0.680. The molecule has 0 aromatic carbocycles. The van der Waals surface area contributed by atoms with Gasteiger partial charge in [-0.2, -0.15) is 5.10 Å². The Balaban J connectivity index is 1.99. The van der Waals surface area contributed by atoms with Crippen LogP contribution in [0.2, 0.25) is 0 Å². The van der Waals surface area contributed by atoms with Crippen molar-refractivity contribution in [3.63, 3.8) is 0 Å². The second-order valence-electron chi connectivity index (χ2n) is 3.66. The van der Waals surface area contributed by atoms with Crippen LogP contribution in [-0.4, -0.2) is 32.0 Å².